The fraction of sp³-hybridized carbons (Fsp3) is 0.269. The first-order valence-corrected chi connectivity index (χ1v) is 11.1. The Morgan fingerprint density at radius 1 is 1.06 bits per heavy atom. The molecule has 0 fully saturated rings. The maximum absolute atomic E-state index is 13.0. The summed E-state index contributed by atoms with van der Waals surface area (Å²) in [4.78, 5) is 15.0. The van der Waals surface area contributed by atoms with Crippen LogP contribution in [0.25, 0.3) is 5.69 Å². The third-order valence-electron chi connectivity index (χ3n) is 5.52. The summed E-state index contributed by atoms with van der Waals surface area (Å²) in [6, 6.07) is 11.8. The van der Waals surface area contributed by atoms with E-state index >= 15 is 0 Å². The summed E-state index contributed by atoms with van der Waals surface area (Å²) in [6.45, 7) is 1.38. The molecule has 0 saturated carbocycles. The number of likely N-dealkylation sites (N-methyl/N-ethyl adjacent to an activating group) is 1. The summed E-state index contributed by atoms with van der Waals surface area (Å²) in [5.74, 6) is 1.27. The van der Waals surface area contributed by atoms with Crippen molar-refractivity contribution in [2.45, 2.75) is 18.6 Å². The molecule has 1 aliphatic rings. The van der Waals surface area contributed by atoms with Crippen LogP contribution in [0.5, 0.6) is 11.5 Å². The lowest BCUT2D eigenvalue weighted by Gasteiger charge is -2.18. The number of nitrogens with zero attached hydrogens (tertiary/aromatic N) is 3. The summed E-state index contributed by atoms with van der Waals surface area (Å²) >= 11 is 0. The second kappa shape index (κ2) is 10.3. The molecule has 0 saturated heterocycles. The van der Waals surface area contributed by atoms with E-state index in [1.54, 1.807) is 39.8 Å². The molecule has 1 aromatic heterocycles. The molecule has 4 rings (SSSR count). The van der Waals surface area contributed by atoms with E-state index in [1.165, 1.54) is 12.1 Å². The lowest BCUT2D eigenvalue weighted by atomic mass is 10.1. The Balaban J connectivity index is 1.40. The standard InChI is InChI=1S/C26H26F3N3O3/c1-30(2)16-17-34-22-10-6-20(7-11-22)31-14-15-32(25(31)33)21-8-12-23(13-9-21)35-24-5-3-4-19(18-24)26(27,28)29/h3-8,10-15,18,21H,9,16-17H2,1-2H3. The number of halogens is 3. The van der Waals surface area contributed by atoms with Gasteiger partial charge in [-0.15, -0.1) is 0 Å². The van der Waals surface area contributed by atoms with Crippen molar-refractivity contribution >= 4 is 0 Å². The van der Waals surface area contributed by atoms with Crippen molar-refractivity contribution < 1.29 is 22.6 Å². The first-order chi connectivity index (χ1) is 16.7. The molecular formula is C26H26F3N3O3. The van der Waals surface area contributed by atoms with Crippen LogP contribution in [-0.4, -0.2) is 41.3 Å². The number of alkyl halides is 3. The van der Waals surface area contributed by atoms with Gasteiger partial charge in [0.2, 0.25) is 0 Å². The van der Waals surface area contributed by atoms with Crippen LogP contribution >= 0.6 is 0 Å². The Hall–Kier alpha value is -3.72. The number of aromatic nitrogens is 2. The fourth-order valence-electron chi connectivity index (χ4n) is 3.63. The van der Waals surface area contributed by atoms with Crippen LogP contribution in [0, 0.1) is 0 Å². The van der Waals surface area contributed by atoms with Gasteiger partial charge in [-0.3, -0.25) is 9.13 Å². The molecule has 1 unspecified atom stereocenters. The van der Waals surface area contributed by atoms with Gasteiger partial charge in [0, 0.05) is 18.9 Å². The van der Waals surface area contributed by atoms with Gasteiger partial charge in [0.05, 0.1) is 17.3 Å². The molecule has 1 aliphatic carbocycles. The predicted octanol–water partition coefficient (Wildman–Crippen LogP) is 5.06. The number of ether oxygens (including phenoxy) is 2. The molecule has 2 aromatic carbocycles. The van der Waals surface area contributed by atoms with Crippen molar-refractivity contribution in [1.29, 1.82) is 0 Å². The average molecular weight is 486 g/mol. The molecular weight excluding hydrogens is 459 g/mol. The maximum Gasteiger partial charge on any atom is 0.416 e. The van der Waals surface area contributed by atoms with Crippen molar-refractivity contribution in [3.63, 3.8) is 0 Å². The van der Waals surface area contributed by atoms with Crippen LogP contribution in [0.1, 0.15) is 18.0 Å². The largest absolute Gasteiger partial charge is 0.492 e. The molecule has 0 bridgehead atoms. The average Bonchev–Trinajstić information content (AvgIpc) is 3.21. The van der Waals surface area contributed by atoms with Gasteiger partial charge in [0.25, 0.3) is 0 Å². The zero-order valence-electron chi connectivity index (χ0n) is 19.4. The zero-order valence-corrected chi connectivity index (χ0v) is 19.4. The molecule has 0 aliphatic heterocycles. The van der Waals surface area contributed by atoms with Gasteiger partial charge >= 0.3 is 11.9 Å². The highest BCUT2D eigenvalue weighted by atomic mass is 19.4. The SMILES string of the molecule is CN(C)CCOc1ccc(-n2ccn(C3C=CC(Oc4cccc(C(F)(F)F)c4)=CC3)c2=O)cc1. The first kappa shape index (κ1) is 24.4. The highest BCUT2D eigenvalue weighted by Crippen LogP contribution is 2.32. The summed E-state index contributed by atoms with van der Waals surface area (Å²) < 4.78 is 53.2. The van der Waals surface area contributed by atoms with E-state index in [9.17, 15) is 18.0 Å². The molecule has 0 amide bonds. The minimum absolute atomic E-state index is 0.103. The smallest absolute Gasteiger partial charge is 0.416 e. The summed E-state index contributed by atoms with van der Waals surface area (Å²) in [5, 5.41) is 0. The van der Waals surface area contributed by atoms with Crippen LogP contribution in [0.2, 0.25) is 0 Å². The highest BCUT2D eigenvalue weighted by Gasteiger charge is 2.30. The highest BCUT2D eigenvalue weighted by molar-refractivity contribution is 5.38. The van der Waals surface area contributed by atoms with Crippen LogP contribution in [-0.2, 0) is 6.18 Å². The zero-order chi connectivity index (χ0) is 25.0. The van der Waals surface area contributed by atoms with Gasteiger partial charge in [0.1, 0.15) is 23.9 Å². The number of imidazole rings is 1. The Morgan fingerprint density at radius 2 is 1.83 bits per heavy atom. The van der Waals surface area contributed by atoms with E-state index in [0.717, 1.165) is 30.1 Å². The van der Waals surface area contributed by atoms with Gasteiger partial charge in [0.15, 0.2) is 0 Å². The second-order valence-electron chi connectivity index (χ2n) is 8.40. The molecule has 0 radical (unpaired) electrons. The van der Waals surface area contributed by atoms with Gasteiger partial charge in [-0.25, -0.2) is 4.79 Å². The molecule has 184 valence electrons. The minimum atomic E-state index is -4.44. The van der Waals surface area contributed by atoms with E-state index in [1.807, 2.05) is 43.3 Å². The fourth-order valence-corrected chi connectivity index (χ4v) is 3.63. The van der Waals surface area contributed by atoms with Crippen molar-refractivity contribution in [3.05, 3.63) is 101 Å². The van der Waals surface area contributed by atoms with Crippen LogP contribution in [0.15, 0.2) is 89.7 Å². The summed E-state index contributed by atoms with van der Waals surface area (Å²) in [7, 11) is 3.95. The predicted molar refractivity (Wildman–Crippen MR) is 127 cm³/mol. The van der Waals surface area contributed by atoms with Gasteiger partial charge in [-0.05, 0) is 75.1 Å². The molecule has 3 aromatic rings. The summed E-state index contributed by atoms with van der Waals surface area (Å²) in [5.41, 5.74) is -0.247. The molecule has 1 atom stereocenters. The van der Waals surface area contributed by atoms with Crippen molar-refractivity contribution in [1.82, 2.24) is 14.0 Å². The number of rotatable bonds is 8. The molecule has 35 heavy (non-hydrogen) atoms. The van der Waals surface area contributed by atoms with Crippen molar-refractivity contribution in [2.75, 3.05) is 27.2 Å². The monoisotopic (exact) mass is 485 g/mol. The quantitative estimate of drug-likeness (QED) is 0.448. The normalized spacial score (nSPS) is 15.8. The lowest BCUT2D eigenvalue weighted by molar-refractivity contribution is -0.137. The molecule has 0 N–H and O–H groups in total. The number of allylic oxidation sites excluding steroid dienone is 3. The molecule has 6 nitrogen and oxygen atoms in total. The molecule has 1 heterocycles. The van der Waals surface area contributed by atoms with E-state index in [0.29, 0.717) is 18.8 Å². The minimum Gasteiger partial charge on any atom is -0.492 e. The van der Waals surface area contributed by atoms with E-state index in [4.69, 9.17) is 9.47 Å². The van der Waals surface area contributed by atoms with Crippen LogP contribution in [0.4, 0.5) is 13.2 Å². The Labute approximate surface area is 201 Å². The molecule has 0 spiro atoms. The van der Waals surface area contributed by atoms with E-state index in [-0.39, 0.29) is 17.5 Å². The van der Waals surface area contributed by atoms with Crippen molar-refractivity contribution in [2.24, 2.45) is 0 Å². The number of hydrogen-bond acceptors (Lipinski definition) is 4. The summed E-state index contributed by atoms with van der Waals surface area (Å²) in [6.07, 6.45) is 4.67. The number of benzene rings is 2. The van der Waals surface area contributed by atoms with Gasteiger partial charge in [-0.2, -0.15) is 13.2 Å². The third kappa shape index (κ3) is 6.05. The Morgan fingerprint density at radius 3 is 2.49 bits per heavy atom. The number of hydrogen-bond donors (Lipinski definition) is 0. The second-order valence-corrected chi connectivity index (χ2v) is 8.40. The van der Waals surface area contributed by atoms with Crippen LogP contribution in [0.3, 0.4) is 0 Å². The maximum atomic E-state index is 13.0. The Bertz CT molecular complexity index is 1270. The van der Waals surface area contributed by atoms with Crippen LogP contribution < -0.4 is 15.2 Å². The van der Waals surface area contributed by atoms with Crippen molar-refractivity contribution in [3.8, 4) is 17.2 Å². The van der Waals surface area contributed by atoms with Gasteiger partial charge < -0.3 is 14.4 Å². The van der Waals surface area contributed by atoms with E-state index < -0.39 is 11.7 Å². The van der Waals surface area contributed by atoms with E-state index in [2.05, 4.69) is 0 Å². The third-order valence-corrected chi connectivity index (χ3v) is 5.52. The first-order valence-electron chi connectivity index (χ1n) is 11.1. The topological polar surface area (TPSA) is 48.6 Å². The van der Waals surface area contributed by atoms with Gasteiger partial charge in [-0.1, -0.05) is 12.1 Å². The lowest BCUT2D eigenvalue weighted by Crippen LogP contribution is -2.26. The molecule has 9 heteroatoms. The Kier molecular flexibility index (Phi) is 7.16.